The molecule has 1 atom stereocenters. The molecule has 0 aliphatic rings. The Kier molecular flexibility index (Phi) is 10.1. The minimum Gasteiger partial charge on any atom is -0.480 e. The molecule has 1 unspecified atom stereocenters. The number of carboxylic acids is 1. The summed E-state index contributed by atoms with van der Waals surface area (Å²) in [6.07, 6.45) is 1.26. The van der Waals surface area contributed by atoms with Crippen LogP contribution in [0.3, 0.4) is 0 Å². The zero-order valence-electron chi connectivity index (χ0n) is 10.2. The predicted octanol–water partition coefficient (Wildman–Crippen LogP) is 0.979. The first-order chi connectivity index (χ1) is 6.32. The topological polar surface area (TPSA) is 43.8 Å². The highest BCUT2D eigenvalue weighted by Crippen LogP contribution is 1.88. The summed E-state index contributed by atoms with van der Waals surface area (Å²) in [6, 6.07) is -0.380. The molecule has 0 aliphatic heterocycles. The molecule has 0 aromatic carbocycles. The fourth-order valence-corrected chi connectivity index (χ4v) is 0.668. The van der Waals surface area contributed by atoms with Crippen molar-refractivity contribution in [2.75, 3.05) is 34.7 Å². The molecular formula is C10H24N2O2. The van der Waals surface area contributed by atoms with Crippen LogP contribution in [0, 0.1) is 0 Å². The zero-order valence-corrected chi connectivity index (χ0v) is 10.2. The van der Waals surface area contributed by atoms with E-state index in [9.17, 15) is 4.79 Å². The summed E-state index contributed by atoms with van der Waals surface area (Å²) in [5.74, 6) is -0.782. The Balaban J connectivity index is 0. The molecule has 0 rings (SSSR count). The van der Waals surface area contributed by atoms with Crippen molar-refractivity contribution >= 4 is 5.97 Å². The van der Waals surface area contributed by atoms with Crippen molar-refractivity contribution in [3.05, 3.63) is 0 Å². The van der Waals surface area contributed by atoms with Gasteiger partial charge in [0.1, 0.15) is 6.04 Å². The Morgan fingerprint density at radius 3 is 1.71 bits per heavy atom. The van der Waals surface area contributed by atoms with Crippen LogP contribution in [0.25, 0.3) is 0 Å². The Hall–Kier alpha value is -0.610. The molecule has 0 bridgehead atoms. The average molecular weight is 204 g/mol. The molecule has 0 saturated carbocycles. The van der Waals surface area contributed by atoms with Crippen LogP contribution in [0.5, 0.6) is 0 Å². The third kappa shape index (κ3) is 11.4. The highest BCUT2D eigenvalue weighted by atomic mass is 16.4. The summed E-state index contributed by atoms with van der Waals surface area (Å²) >= 11 is 0. The third-order valence-electron chi connectivity index (χ3n) is 1.80. The van der Waals surface area contributed by atoms with Crippen LogP contribution in [0.15, 0.2) is 0 Å². The molecule has 0 aromatic heterocycles. The minimum absolute atomic E-state index is 0.380. The van der Waals surface area contributed by atoms with Crippen LogP contribution in [0.1, 0.15) is 20.3 Å². The van der Waals surface area contributed by atoms with Gasteiger partial charge in [-0.1, -0.05) is 6.92 Å². The minimum atomic E-state index is -0.782. The number of hydrogen-bond donors (Lipinski definition) is 1. The highest BCUT2D eigenvalue weighted by Gasteiger charge is 2.11. The highest BCUT2D eigenvalue weighted by molar-refractivity contribution is 5.72. The number of nitrogens with zero attached hydrogens (tertiary/aromatic N) is 2. The first-order valence-corrected chi connectivity index (χ1v) is 4.86. The fraction of sp³-hybridized carbons (Fsp3) is 0.900. The van der Waals surface area contributed by atoms with Crippen LogP contribution in [-0.2, 0) is 4.79 Å². The second-order valence-electron chi connectivity index (χ2n) is 3.78. The normalized spacial score (nSPS) is 12.3. The van der Waals surface area contributed by atoms with Crippen LogP contribution < -0.4 is 0 Å². The number of likely N-dealkylation sites (N-methyl/N-ethyl adjacent to an activating group) is 1. The van der Waals surface area contributed by atoms with Crippen molar-refractivity contribution in [2.45, 2.75) is 26.3 Å². The summed E-state index contributed by atoms with van der Waals surface area (Å²) in [5.41, 5.74) is 0. The van der Waals surface area contributed by atoms with Gasteiger partial charge in [-0.3, -0.25) is 9.69 Å². The molecule has 0 saturated heterocycles. The van der Waals surface area contributed by atoms with E-state index in [2.05, 4.69) is 25.9 Å². The first-order valence-electron chi connectivity index (χ1n) is 4.86. The lowest BCUT2D eigenvalue weighted by Crippen LogP contribution is -2.32. The van der Waals surface area contributed by atoms with Gasteiger partial charge >= 0.3 is 5.97 Å². The molecule has 0 radical (unpaired) electrons. The lowest BCUT2D eigenvalue weighted by Gasteiger charge is -2.13. The van der Waals surface area contributed by atoms with E-state index in [0.29, 0.717) is 0 Å². The Labute approximate surface area is 87.5 Å². The molecule has 14 heavy (non-hydrogen) atoms. The summed E-state index contributed by atoms with van der Waals surface area (Å²) in [4.78, 5) is 13.9. The van der Waals surface area contributed by atoms with Crippen LogP contribution in [0.4, 0.5) is 0 Å². The molecule has 0 heterocycles. The molecule has 4 nitrogen and oxygen atoms in total. The van der Waals surface area contributed by atoms with E-state index in [0.717, 1.165) is 0 Å². The van der Waals surface area contributed by atoms with E-state index in [4.69, 9.17) is 5.11 Å². The van der Waals surface area contributed by atoms with Gasteiger partial charge < -0.3 is 10.0 Å². The smallest absolute Gasteiger partial charge is 0.320 e. The molecule has 0 aromatic rings. The van der Waals surface area contributed by atoms with Gasteiger partial charge in [-0.25, -0.2) is 0 Å². The number of carboxylic acid groups (broad SMARTS) is 1. The molecule has 4 heteroatoms. The monoisotopic (exact) mass is 204 g/mol. The first kappa shape index (κ1) is 15.8. The molecule has 86 valence electrons. The Morgan fingerprint density at radius 1 is 1.29 bits per heavy atom. The van der Waals surface area contributed by atoms with E-state index in [-0.39, 0.29) is 6.04 Å². The van der Waals surface area contributed by atoms with E-state index in [1.165, 1.54) is 13.0 Å². The summed E-state index contributed by atoms with van der Waals surface area (Å²) < 4.78 is 0. The van der Waals surface area contributed by atoms with Crippen LogP contribution >= 0.6 is 0 Å². The maximum Gasteiger partial charge on any atom is 0.320 e. The zero-order chi connectivity index (χ0) is 11.7. The van der Waals surface area contributed by atoms with Crippen molar-refractivity contribution in [2.24, 2.45) is 0 Å². The molecule has 1 N–H and O–H groups in total. The van der Waals surface area contributed by atoms with Gasteiger partial charge in [-0.15, -0.1) is 0 Å². The molecule has 0 fully saturated rings. The van der Waals surface area contributed by atoms with Crippen molar-refractivity contribution in [1.82, 2.24) is 9.80 Å². The largest absolute Gasteiger partial charge is 0.480 e. The summed E-state index contributed by atoms with van der Waals surface area (Å²) in [6.45, 7) is 5.03. The Bertz CT molecular complexity index is 147. The van der Waals surface area contributed by atoms with Gasteiger partial charge in [0.2, 0.25) is 0 Å². The second kappa shape index (κ2) is 8.97. The summed E-state index contributed by atoms with van der Waals surface area (Å²) in [5, 5.41) is 8.31. The number of aliphatic carboxylic acids is 1. The maximum absolute atomic E-state index is 10.1. The summed E-state index contributed by atoms with van der Waals surface area (Å²) in [7, 11) is 7.64. The maximum atomic E-state index is 10.1. The van der Waals surface area contributed by atoms with Crippen molar-refractivity contribution in [1.29, 1.82) is 0 Å². The molecule has 0 amide bonds. The van der Waals surface area contributed by atoms with Crippen molar-refractivity contribution in [3.8, 4) is 0 Å². The number of rotatable bonds is 4. The Morgan fingerprint density at radius 2 is 1.71 bits per heavy atom. The SMILES string of the molecule is CC(C(=O)O)N(C)C.CCCN(C)C. The van der Waals surface area contributed by atoms with E-state index in [1.54, 1.807) is 25.9 Å². The second-order valence-corrected chi connectivity index (χ2v) is 3.78. The van der Waals surface area contributed by atoms with Gasteiger partial charge in [-0.2, -0.15) is 0 Å². The number of hydrogen-bond acceptors (Lipinski definition) is 3. The molecular weight excluding hydrogens is 180 g/mol. The number of carbonyl (C=O) groups is 1. The third-order valence-corrected chi connectivity index (χ3v) is 1.80. The van der Waals surface area contributed by atoms with Crippen molar-refractivity contribution < 1.29 is 9.90 Å². The van der Waals surface area contributed by atoms with Gasteiger partial charge in [0.25, 0.3) is 0 Å². The predicted molar refractivity (Wildman–Crippen MR) is 59.6 cm³/mol. The standard InChI is InChI=1S/C5H11NO2.C5H13N/c1-4(5(7)8)6(2)3;1-4-5-6(2)3/h4H,1-3H3,(H,7,8);4-5H2,1-3H3. The van der Waals surface area contributed by atoms with Crippen molar-refractivity contribution in [3.63, 3.8) is 0 Å². The molecule has 0 spiro atoms. The van der Waals surface area contributed by atoms with Gasteiger partial charge in [-0.05, 0) is 48.1 Å². The van der Waals surface area contributed by atoms with Crippen LogP contribution in [0.2, 0.25) is 0 Å². The van der Waals surface area contributed by atoms with E-state index < -0.39 is 5.97 Å². The van der Waals surface area contributed by atoms with Crippen LogP contribution in [-0.4, -0.2) is 61.7 Å². The lowest BCUT2D eigenvalue weighted by atomic mass is 10.3. The van der Waals surface area contributed by atoms with E-state index >= 15 is 0 Å². The quantitative estimate of drug-likeness (QED) is 0.741. The van der Waals surface area contributed by atoms with E-state index in [1.807, 2.05) is 0 Å². The van der Waals surface area contributed by atoms with Gasteiger partial charge in [0.15, 0.2) is 0 Å². The lowest BCUT2D eigenvalue weighted by molar-refractivity contribution is -0.141. The fourth-order valence-electron chi connectivity index (χ4n) is 0.668. The molecule has 0 aliphatic carbocycles. The average Bonchev–Trinajstić information content (AvgIpc) is 2.03. The van der Waals surface area contributed by atoms with Gasteiger partial charge in [0, 0.05) is 0 Å². The van der Waals surface area contributed by atoms with Gasteiger partial charge in [0.05, 0.1) is 0 Å².